The molecule has 1 aromatic rings. The summed E-state index contributed by atoms with van der Waals surface area (Å²) in [5.74, 6) is 0. The van der Waals surface area contributed by atoms with Crippen LogP contribution in [-0.2, 0) is 22.4 Å². The highest BCUT2D eigenvalue weighted by Gasteiger charge is 2.29. The number of rotatable bonds is 3. The van der Waals surface area contributed by atoms with Gasteiger partial charge in [-0.15, -0.1) is 0 Å². The monoisotopic (exact) mass is 445 g/mol. The first kappa shape index (κ1) is 24.2. The van der Waals surface area contributed by atoms with E-state index in [1.807, 2.05) is 47.6 Å². The van der Waals surface area contributed by atoms with Gasteiger partial charge in [0.1, 0.15) is 11.2 Å². The van der Waals surface area contributed by atoms with Crippen LogP contribution < -0.4 is 10.6 Å². The van der Waals surface area contributed by atoms with Crippen LogP contribution in [0, 0.1) is 0 Å². The lowest BCUT2D eigenvalue weighted by Crippen LogP contribution is -2.44. The summed E-state index contributed by atoms with van der Waals surface area (Å²) in [4.78, 5) is 26.4. The van der Waals surface area contributed by atoms with Crippen LogP contribution in [0.15, 0.2) is 18.2 Å². The number of fused-ring (bicyclic) bond motifs is 1. The number of carbonyl (C=O) groups is 2. The third-order valence-electron chi connectivity index (χ3n) is 5.67. The van der Waals surface area contributed by atoms with Gasteiger partial charge in [-0.3, -0.25) is 0 Å². The minimum Gasteiger partial charge on any atom is -0.444 e. The van der Waals surface area contributed by atoms with Gasteiger partial charge >= 0.3 is 12.2 Å². The number of amides is 2. The van der Waals surface area contributed by atoms with E-state index in [-0.39, 0.29) is 18.2 Å². The van der Waals surface area contributed by atoms with Gasteiger partial charge in [-0.25, -0.2) is 9.59 Å². The predicted molar refractivity (Wildman–Crippen MR) is 126 cm³/mol. The van der Waals surface area contributed by atoms with Crippen LogP contribution in [0.5, 0.6) is 0 Å². The van der Waals surface area contributed by atoms with Crippen molar-refractivity contribution in [1.82, 2.24) is 10.2 Å². The number of ether oxygens (including phenoxy) is 2. The van der Waals surface area contributed by atoms with E-state index in [1.165, 1.54) is 5.56 Å². The molecular weight excluding hydrogens is 406 g/mol. The number of anilines is 1. The Morgan fingerprint density at radius 1 is 1.00 bits per heavy atom. The van der Waals surface area contributed by atoms with Crippen LogP contribution in [0.3, 0.4) is 0 Å². The quantitative estimate of drug-likeness (QED) is 0.666. The van der Waals surface area contributed by atoms with Crippen molar-refractivity contribution in [1.29, 1.82) is 0 Å². The van der Waals surface area contributed by atoms with Crippen molar-refractivity contribution in [2.45, 2.75) is 103 Å². The molecule has 1 fully saturated rings. The van der Waals surface area contributed by atoms with Crippen molar-refractivity contribution in [3.8, 4) is 0 Å². The van der Waals surface area contributed by atoms with E-state index in [4.69, 9.17) is 9.47 Å². The van der Waals surface area contributed by atoms with Crippen LogP contribution in [0.2, 0.25) is 0 Å². The fraction of sp³-hybridized carbons (Fsp3) is 0.680. The van der Waals surface area contributed by atoms with E-state index in [0.29, 0.717) is 19.1 Å². The molecule has 1 aliphatic carbocycles. The Bertz CT molecular complexity index is 825. The SMILES string of the molecule is CC(C)(C)OC(=O)NC1CCCC(Nc2cccc3c2CCN(C(=O)OC(C)(C)C)C3)C1. The molecule has 2 atom stereocenters. The van der Waals surface area contributed by atoms with Crippen molar-refractivity contribution in [2.24, 2.45) is 0 Å². The summed E-state index contributed by atoms with van der Waals surface area (Å²) in [6, 6.07) is 6.65. The minimum absolute atomic E-state index is 0.110. The van der Waals surface area contributed by atoms with Crippen LogP contribution in [0.4, 0.5) is 15.3 Å². The maximum Gasteiger partial charge on any atom is 0.410 e. The van der Waals surface area contributed by atoms with Crippen molar-refractivity contribution in [3.05, 3.63) is 29.3 Å². The molecule has 1 aromatic carbocycles. The molecule has 7 nitrogen and oxygen atoms in total. The Balaban J connectivity index is 1.60. The highest BCUT2D eigenvalue weighted by Crippen LogP contribution is 2.30. The van der Waals surface area contributed by atoms with E-state index in [1.54, 1.807) is 4.90 Å². The Labute approximate surface area is 192 Å². The van der Waals surface area contributed by atoms with Gasteiger partial charge < -0.3 is 25.0 Å². The number of hydrogen-bond acceptors (Lipinski definition) is 5. The molecule has 2 N–H and O–H groups in total. The number of carbonyl (C=O) groups excluding carboxylic acids is 2. The first-order chi connectivity index (χ1) is 14.9. The lowest BCUT2D eigenvalue weighted by Gasteiger charge is -2.34. The maximum absolute atomic E-state index is 12.5. The van der Waals surface area contributed by atoms with E-state index in [9.17, 15) is 9.59 Å². The summed E-state index contributed by atoms with van der Waals surface area (Å²) >= 11 is 0. The van der Waals surface area contributed by atoms with Gasteiger partial charge in [0.05, 0.1) is 0 Å². The first-order valence-electron chi connectivity index (χ1n) is 11.7. The average Bonchev–Trinajstić information content (AvgIpc) is 2.65. The number of nitrogens with one attached hydrogen (secondary N) is 2. The second-order valence-corrected chi connectivity index (χ2v) is 10.9. The van der Waals surface area contributed by atoms with Gasteiger partial charge in [0.15, 0.2) is 0 Å². The third kappa shape index (κ3) is 7.04. The Morgan fingerprint density at radius 2 is 1.69 bits per heavy atom. The molecular formula is C25H39N3O4. The van der Waals surface area contributed by atoms with Crippen LogP contribution in [-0.4, -0.2) is 46.9 Å². The Morgan fingerprint density at radius 3 is 2.38 bits per heavy atom. The molecule has 2 aliphatic rings. The molecule has 0 aromatic heterocycles. The summed E-state index contributed by atoms with van der Waals surface area (Å²) in [6.45, 7) is 12.5. The lowest BCUT2D eigenvalue weighted by atomic mass is 9.90. The number of benzene rings is 1. The molecule has 178 valence electrons. The second kappa shape index (κ2) is 9.59. The zero-order chi connectivity index (χ0) is 23.5. The molecule has 2 amide bonds. The number of hydrogen-bond donors (Lipinski definition) is 2. The average molecular weight is 446 g/mol. The van der Waals surface area contributed by atoms with Crippen LogP contribution >= 0.6 is 0 Å². The molecule has 1 aliphatic heterocycles. The molecule has 0 saturated heterocycles. The van der Waals surface area contributed by atoms with Crippen molar-refractivity contribution < 1.29 is 19.1 Å². The topological polar surface area (TPSA) is 79.9 Å². The molecule has 3 rings (SSSR count). The highest BCUT2D eigenvalue weighted by atomic mass is 16.6. The molecule has 0 spiro atoms. The predicted octanol–water partition coefficient (Wildman–Crippen LogP) is 5.23. The van der Waals surface area contributed by atoms with E-state index < -0.39 is 11.2 Å². The van der Waals surface area contributed by atoms with Gasteiger partial charge in [-0.1, -0.05) is 12.1 Å². The van der Waals surface area contributed by atoms with Crippen LogP contribution in [0.1, 0.15) is 78.4 Å². The molecule has 0 radical (unpaired) electrons. The fourth-order valence-electron chi connectivity index (χ4n) is 4.37. The van der Waals surface area contributed by atoms with Gasteiger partial charge in [0.25, 0.3) is 0 Å². The molecule has 7 heteroatoms. The maximum atomic E-state index is 12.5. The zero-order valence-electron chi connectivity index (χ0n) is 20.4. The molecule has 0 bridgehead atoms. The number of nitrogens with zero attached hydrogens (tertiary/aromatic N) is 1. The Kier molecular flexibility index (Phi) is 7.25. The summed E-state index contributed by atoms with van der Waals surface area (Å²) < 4.78 is 11.0. The van der Waals surface area contributed by atoms with Gasteiger partial charge in [0.2, 0.25) is 0 Å². The lowest BCUT2D eigenvalue weighted by molar-refractivity contribution is 0.0223. The Hall–Kier alpha value is -2.44. The van der Waals surface area contributed by atoms with Crippen LogP contribution in [0.25, 0.3) is 0 Å². The normalized spacial score (nSPS) is 21.4. The minimum atomic E-state index is -0.494. The summed E-state index contributed by atoms with van der Waals surface area (Å²) in [5, 5.41) is 6.75. The number of alkyl carbamates (subject to hydrolysis) is 1. The second-order valence-electron chi connectivity index (χ2n) is 10.9. The first-order valence-corrected chi connectivity index (χ1v) is 11.7. The van der Waals surface area contributed by atoms with Gasteiger partial charge in [-0.2, -0.15) is 0 Å². The standard InChI is InChI=1S/C25H39N3O4/c1-24(2,3)31-22(29)27-19-11-8-10-18(15-19)26-21-12-7-9-17-16-28(14-13-20(17)21)23(30)32-25(4,5)6/h7,9,12,18-19,26H,8,10-11,13-16H2,1-6H3,(H,27,29). The fourth-order valence-corrected chi connectivity index (χ4v) is 4.37. The van der Waals surface area contributed by atoms with Crippen molar-refractivity contribution in [3.63, 3.8) is 0 Å². The largest absolute Gasteiger partial charge is 0.444 e. The van der Waals surface area contributed by atoms with Gasteiger partial charge in [-0.05, 0) is 90.8 Å². The molecule has 2 unspecified atom stereocenters. The summed E-state index contributed by atoms with van der Waals surface area (Å²) in [6.07, 6.45) is 4.15. The van der Waals surface area contributed by atoms with E-state index >= 15 is 0 Å². The third-order valence-corrected chi connectivity index (χ3v) is 5.67. The van der Waals surface area contributed by atoms with Crippen molar-refractivity contribution in [2.75, 3.05) is 11.9 Å². The van der Waals surface area contributed by atoms with E-state index in [0.717, 1.165) is 43.4 Å². The zero-order valence-corrected chi connectivity index (χ0v) is 20.4. The summed E-state index contributed by atoms with van der Waals surface area (Å²) in [7, 11) is 0. The summed E-state index contributed by atoms with van der Waals surface area (Å²) in [5.41, 5.74) is 2.58. The molecule has 32 heavy (non-hydrogen) atoms. The van der Waals surface area contributed by atoms with Gasteiger partial charge in [0, 0.05) is 30.9 Å². The molecule has 1 saturated carbocycles. The smallest absolute Gasteiger partial charge is 0.410 e. The van der Waals surface area contributed by atoms with E-state index in [2.05, 4.69) is 22.8 Å². The highest BCUT2D eigenvalue weighted by molar-refractivity contribution is 5.69. The molecule has 1 heterocycles. The van der Waals surface area contributed by atoms with Crippen molar-refractivity contribution >= 4 is 17.9 Å².